The molecular weight excluding hydrogens is 551 g/mol. The largest absolute Gasteiger partial charge is 0.478 e. The zero-order valence-electron chi connectivity index (χ0n) is 23.9. The van der Waals surface area contributed by atoms with Crippen LogP contribution in [0.5, 0.6) is 0 Å². The Kier molecular flexibility index (Phi) is 9.81. The first-order valence-corrected chi connectivity index (χ1v) is 14.3. The van der Waals surface area contributed by atoms with Gasteiger partial charge in [0.1, 0.15) is 5.82 Å². The Morgan fingerprint density at radius 1 is 0.976 bits per heavy atom. The molecule has 216 valence electrons. The van der Waals surface area contributed by atoms with E-state index >= 15 is 0 Å². The average molecular weight is 585 g/mol. The van der Waals surface area contributed by atoms with Crippen LogP contribution in [0.3, 0.4) is 0 Å². The van der Waals surface area contributed by atoms with Crippen LogP contribution in [-0.2, 0) is 6.42 Å². The highest BCUT2D eigenvalue weighted by Crippen LogP contribution is 2.38. The lowest BCUT2D eigenvalue weighted by Gasteiger charge is -2.22. The van der Waals surface area contributed by atoms with E-state index in [1.165, 1.54) is 12.1 Å². The van der Waals surface area contributed by atoms with Gasteiger partial charge in [-0.15, -0.1) is 0 Å². The number of hydrogen-bond donors (Lipinski definition) is 3. The molecule has 0 spiro atoms. The molecule has 42 heavy (non-hydrogen) atoms. The van der Waals surface area contributed by atoms with E-state index in [1.807, 2.05) is 57.2 Å². The topological polar surface area (TPSA) is 78.4 Å². The van der Waals surface area contributed by atoms with Crippen LogP contribution in [0, 0.1) is 12.7 Å². The van der Waals surface area contributed by atoms with Crippen molar-refractivity contribution in [3.05, 3.63) is 130 Å². The fourth-order valence-electron chi connectivity index (χ4n) is 5.17. The zero-order valence-corrected chi connectivity index (χ0v) is 24.7. The molecule has 1 unspecified atom stereocenters. The number of hydrogen-bond acceptors (Lipinski definition) is 3. The van der Waals surface area contributed by atoms with Crippen LogP contribution in [-0.4, -0.2) is 17.0 Å². The maximum atomic E-state index is 14.9. The normalized spacial score (nSPS) is 11.5. The third-order valence-corrected chi connectivity index (χ3v) is 7.62. The number of benzene rings is 4. The summed E-state index contributed by atoms with van der Waals surface area (Å²) >= 11 is 6.66. The van der Waals surface area contributed by atoms with E-state index in [-0.39, 0.29) is 16.9 Å². The molecule has 4 rings (SSSR count). The number of halogens is 2. The summed E-state index contributed by atoms with van der Waals surface area (Å²) in [5.74, 6) is -2.08. The van der Waals surface area contributed by atoms with Gasteiger partial charge < -0.3 is 15.7 Å². The summed E-state index contributed by atoms with van der Waals surface area (Å²) in [6, 6.07) is 21.9. The van der Waals surface area contributed by atoms with E-state index < -0.39 is 17.9 Å². The highest BCUT2D eigenvalue weighted by Gasteiger charge is 2.24. The van der Waals surface area contributed by atoms with E-state index in [4.69, 9.17) is 11.6 Å². The Hall–Kier alpha value is -4.42. The van der Waals surface area contributed by atoms with Gasteiger partial charge in [0, 0.05) is 38.7 Å². The smallest absolute Gasteiger partial charge is 0.336 e. The van der Waals surface area contributed by atoms with Crippen LogP contribution in [0.25, 0.3) is 16.8 Å². The molecular formula is C35H34ClFN2O3. The van der Waals surface area contributed by atoms with Crippen molar-refractivity contribution in [2.45, 2.75) is 46.1 Å². The van der Waals surface area contributed by atoms with Gasteiger partial charge >= 0.3 is 5.97 Å². The van der Waals surface area contributed by atoms with Crippen LogP contribution < -0.4 is 10.6 Å². The summed E-state index contributed by atoms with van der Waals surface area (Å²) in [7, 11) is 0. The number of amides is 1. The third kappa shape index (κ3) is 6.55. The first kappa shape index (κ1) is 30.5. The Morgan fingerprint density at radius 3 is 2.40 bits per heavy atom. The zero-order chi connectivity index (χ0) is 30.4. The van der Waals surface area contributed by atoms with Crippen molar-refractivity contribution >= 4 is 34.9 Å². The second-order valence-electron chi connectivity index (χ2n) is 10.1. The quantitative estimate of drug-likeness (QED) is 0.164. The number of carboxylic acid groups (broad SMARTS) is 1. The average Bonchev–Trinajstić information content (AvgIpc) is 2.97. The number of aromatic carboxylic acids is 1. The second kappa shape index (κ2) is 13.5. The molecule has 0 saturated heterocycles. The highest BCUT2D eigenvalue weighted by atomic mass is 35.5. The van der Waals surface area contributed by atoms with Gasteiger partial charge in [-0.05, 0) is 66.8 Å². The van der Waals surface area contributed by atoms with Crippen molar-refractivity contribution in [1.82, 2.24) is 5.32 Å². The van der Waals surface area contributed by atoms with Gasteiger partial charge in [0.15, 0.2) is 0 Å². The lowest BCUT2D eigenvalue weighted by molar-refractivity contribution is 0.0697. The number of anilines is 1. The number of carbonyl (C=O) groups is 2. The Balaban J connectivity index is 1.72. The summed E-state index contributed by atoms with van der Waals surface area (Å²) in [5, 5.41) is 16.8. The molecule has 7 heteroatoms. The molecule has 0 aliphatic rings. The van der Waals surface area contributed by atoms with Crippen LogP contribution in [0.1, 0.15) is 75.7 Å². The molecule has 0 saturated carbocycles. The van der Waals surface area contributed by atoms with Crippen molar-refractivity contribution in [3.8, 4) is 11.1 Å². The van der Waals surface area contributed by atoms with Crippen LogP contribution in [0.2, 0.25) is 5.02 Å². The molecule has 5 nitrogen and oxygen atoms in total. The van der Waals surface area contributed by atoms with Crippen LogP contribution in [0.15, 0.2) is 85.4 Å². The van der Waals surface area contributed by atoms with Gasteiger partial charge in [-0.1, -0.05) is 87.0 Å². The number of aryl methyl sites for hydroxylation is 2. The lowest BCUT2D eigenvalue weighted by atomic mass is 9.92. The monoisotopic (exact) mass is 584 g/mol. The molecule has 0 bridgehead atoms. The molecule has 4 aromatic carbocycles. The fraction of sp³-hybridized carbons (Fsp3) is 0.200. The molecule has 3 N–H and O–H groups in total. The minimum Gasteiger partial charge on any atom is -0.478 e. The standard InChI is InChI=1S/C35H34ClFN2O3/c1-5-11-31(32-23(6-2)13-9-16-29(32)37)39-34(40)24-18-19-26(27(20-24)35(41)42)33-25(14-10-15-28(33)36)22(4)38-30-17-8-7-12-21(30)3/h7-10,12-20,31,38H,4-6,11H2,1-3H3,(H,39,40)(H,41,42). The second-order valence-corrected chi connectivity index (χ2v) is 10.5. The summed E-state index contributed by atoms with van der Waals surface area (Å²) in [4.78, 5) is 25.9. The Labute approximate surface area is 251 Å². The Bertz CT molecular complexity index is 1650. The third-order valence-electron chi connectivity index (χ3n) is 7.31. The molecule has 4 aromatic rings. The summed E-state index contributed by atoms with van der Waals surface area (Å²) < 4.78 is 14.9. The fourth-order valence-corrected chi connectivity index (χ4v) is 5.45. The minimum absolute atomic E-state index is 0.0899. The molecule has 0 aromatic heterocycles. The van der Waals surface area contributed by atoms with Gasteiger partial charge in [-0.25, -0.2) is 9.18 Å². The Morgan fingerprint density at radius 2 is 1.71 bits per heavy atom. The van der Waals surface area contributed by atoms with Gasteiger partial charge in [0.25, 0.3) is 5.91 Å². The highest BCUT2D eigenvalue weighted by molar-refractivity contribution is 6.34. The minimum atomic E-state index is -1.21. The number of para-hydroxylation sites is 1. The van der Waals surface area contributed by atoms with Gasteiger partial charge in [0.2, 0.25) is 0 Å². The molecule has 1 atom stereocenters. The van der Waals surface area contributed by atoms with Crippen LogP contribution in [0.4, 0.5) is 10.1 Å². The summed E-state index contributed by atoms with van der Waals surface area (Å²) in [5.41, 5.74) is 5.22. The number of carbonyl (C=O) groups excluding carboxylic acids is 1. The van der Waals surface area contributed by atoms with E-state index in [0.29, 0.717) is 45.8 Å². The first-order chi connectivity index (χ1) is 20.2. The van der Waals surface area contributed by atoms with Gasteiger partial charge in [0.05, 0.1) is 11.6 Å². The molecule has 0 fully saturated rings. The number of nitrogens with one attached hydrogen (secondary N) is 2. The van der Waals surface area contributed by atoms with E-state index in [2.05, 4.69) is 17.2 Å². The summed E-state index contributed by atoms with van der Waals surface area (Å²) in [6.45, 7) is 10.1. The van der Waals surface area contributed by atoms with Crippen molar-refractivity contribution < 1.29 is 19.1 Å². The molecule has 0 aliphatic heterocycles. The molecule has 0 radical (unpaired) electrons. The lowest BCUT2D eigenvalue weighted by Crippen LogP contribution is -2.30. The maximum absolute atomic E-state index is 14.9. The van der Waals surface area contributed by atoms with Crippen molar-refractivity contribution in [3.63, 3.8) is 0 Å². The first-order valence-electron chi connectivity index (χ1n) is 13.9. The SMILES string of the molecule is C=C(Nc1ccccc1C)c1cccc(Cl)c1-c1ccc(C(=O)NC(CCC)c2c(F)cccc2CC)cc1C(=O)O. The van der Waals surface area contributed by atoms with Crippen molar-refractivity contribution in [1.29, 1.82) is 0 Å². The molecule has 0 aliphatic carbocycles. The molecule has 0 heterocycles. The van der Waals surface area contributed by atoms with E-state index in [9.17, 15) is 19.1 Å². The maximum Gasteiger partial charge on any atom is 0.336 e. The van der Waals surface area contributed by atoms with Crippen LogP contribution >= 0.6 is 11.6 Å². The van der Waals surface area contributed by atoms with Gasteiger partial charge in [-0.2, -0.15) is 0 Å². The predicted octanol–water partition coefficient (Wildman–Crippen LogP) is 9.07. The van der Waals surface area contributed by atoms with E-state index in [1.54, 1.807) is 30.3 Å². The number of rotatable bonds is 11. The van der Waals surface area contributed by atoms with Crippen molar-refractivity contribution in [2.24, 2.45) is 0 Å². The van der Waals surface area contributed by atoms with Gasteiger partial charge in [-0.3, -0.25) is 4.79 Å². The predicted molar refractivity (Wildman–Crippen MR) is 169 cm³/mol. The van der Waals surface area contributed by atoms with E-state index in [0.717, 1.165) is 23.2 Å². The van der Waals surface area contributed by atoms with Crippen molar-refractivity contribution in [2.75, 3.05) is 5.32 Å². The summed E-state index contributed by atoms with van der Waals surface area (Å²) in [6.07, 6.45) is 1.87. The molecule has 1 amide bonds. The number of carboxylic acids is 1.